The first-order chi connectivity index (χ1) is 24.4. The zero-order valence-electron chi connectivity index (χ0n) is 28.6. The summed E-state index contributed by atoms with van der Waals surface area (Å²) in [5, 5.41) is 0.509. The number of nitrogens with one attached hydrogen (secondary N) is 1. The lowest BCUT2D eigenvalue weighted by atomic mass is 9.60. The van der Waals surface area contributed by atoms with E-state index in [9.17, 15) is 27.6 Å². The Morgan fingerprint density at radius 1 is 0.882 bits per heavy atom. The minimum atomic E-state index is -4.49. The zero-order valence-corrected chi connectivity index (χ0v) is 28.6. The van der Waals surface area contributed by atoms with Gasteiger partial charge in [-0.15, -0.1) is 0 Å². The van der Waals surface area contributed by atoms with Crippen molar-refractivity contribution in [3.05, 3.63) is 101 Å². The zero-order chi connectivity index (χ0) is 36.4. The Bertz CT molecular complexity index is 1980. The molecule has 0 amide bonds. The minimum absolute atomic E-state index is 0.00155. The number of allylic oxidation sites excluding steroid dienone is 1. The molecule has 2 heterocycles. The number of aliphatic imine (C=N–C) groups is 1. The Morgan fingerprint density at radius 2 is 1.53 bits per heavy atom. The summed E-state index contributed by atoms with van der Waals surface area (Å²) < 4.78 is 57.5. The number of ether oxygens (including phenoxy) is 3. The van der Waals surface area contributed by atoms with Crippen LogP contribution >= 0.6 is 0 Å². The van der Waals surface area contributed by atoms with Crippen LogP contribution in [0.15, 0.2) is 83.9 Å². The molecule has 266 valence electrons. The SMILES string of the molecule is CCOC(=O)c1[nH]c2ccc(-c3ccc(C(F)(F)F)cc3)cc2c1CC(C(=O)OCC)(c1ccc(OC2CCCC2)cc1)C1(C(C)=O)C=CC=N1. The molecular weight excluding hydrogens is 661 g/mol. The number of alkyl halides is 3. The number of rotatable bonds is 12. The van der Waals surface area contributed by atoms with Gasteiger partial charge in [0, 0.05) is 17.1 Å². The number of aromatic nitrogens is 1. The Hall–Kier alpha value is -5.19. The molecule has 1 aromatic heterocycles. The highest BCUT2D eigenvalue weighted by Crippen LogP contribution is 2.48. The Kier molecular flexibility index (Phi) is 9.92. The molecule has 1 N–H and O–H groups in total. The molecule has 0 spiro atoms. The summed E-state index contributed by atoms with van der Waals surface area (Å²) in [4.78, 5) is 49.9. The quantitative estimate of drug-likeness (QED) is 0.149. The van der Waals surface area contributed by atoms with Crippen molar-refractivity contribution in [2.75, 3.05) is 13.2 Å². The average molecular weight is 701 g/mol. The molecule has 2 aliphatic rings. The van der Waals surface area contributed by atoms with Crippen LogP contribution < -0.4 is 4.74 Å². The molecule has 0 radical (unpaired) electrons. The Balaban J connectivity index is 1.57. The van der Waals surface area contributed by atoms with Crippen LogP contribution in [-0.2, 0) is 37.1 Å². The monoisotopic (exact) mass is 700 g/mol. The van der Waals surface area contributed by atoms with Crippen LogP contribution in [0, 0.1) is 0 Å². The van der Waals surface area contributed by atoms with Crippen molar-refractivity contribution in [1.29, 1.82) is 0 Å². The third-order valence-corrected chi connectivity index (χ3v) is 9.84. The largest absolute Gasteiger partial charge is 0.490 e. The van der Waals surface area contributed by atoms with Crippen LogP contribution in [0.25, 0.3) is 22.0 Å². The van der Waals surface area contributed by atoms with E-state index in [4.69, 9.17) is 14.2 Å². The summed E-state index contributed by atoms with van der Waals surface area (Å²) in [5.74, 6) is -1.21. The van der Waals surface area contributed by atoms with Crippen molar-refractivity contribution in [1.82, 2.24) is 4.98 Å². The van der Waals surface area contributed by atoms with Crippen LogP contribution in [0.5, 0.6) is 5.75 Å². The van der Waals surface area contributed by atoms with Crippen molar-refractivity contribution in [2.24, 2.45) is 4.99 Å². The first-order valence-corrected chi connectivity index (χ1v) is 17.1. The van der Waals surface area contributed by atoms with E-state index in [-0.39, 0.29) is 31.4 Å². The van der Waals surface area contributed by atoms with E-state index in [1.807, 2.05) is 0 Å². The van der Waals surface area contributed by atoms with Gasteiger partial charge in [-0.2, -0.15) is 13.2 Å². The molecular formula is C40H39F3N2O6. The molecule has 1 aliphatic carbocycles. The molecule has 1 saturated carbocycles. The number of carbonyl (C=O) groups excluding carboxylic acids is 3. The van der Waals surface area contributed by atoms with E-state index >= 15 is 0 Å². The molecule has 1 fully saturated rings. The van der Waals surface area contributed by atoms with Crippen LogP contribution in [0.2, 0.25) is 0 Å². The van der Waals surface area contributed by atoms with Crippen LogP contribution in [0.1, 0.15) is 73.6 Å². The topological polar surface area (TPSA) is 107 Å². The van der Waals surface area contributed by atoms with Gasteiger partial charge in [0.1, 0.15) is 16.9 Å². The summed E-state index contributed by atoms with van der Waals surface area (Å²) in [6.45, 7) is 4.77. The Morgan fingerprint density at radius 3 is 2.12 bits per heavy atom. The van der Waals surface area contributed by atoms with Gasteiger partial charge < -0.3 is 19.2 Å². The maximum absolute atomic E-state index is 14.7. The van der Waals surface area contributed by atoms with Crippen molar-refractivity contribution < 1.29 is 41.8 Å². The number of ketones is 1. The number of nitrogens with zero attached hydrogens (tertiary/aromatic N) is 1. The van der Waals surface area contributed by atoms with Crippen LogP contribution in [0.3, 0.4) is 0 Å². The number of H-pyrrole nitrogens is 1. The van der Waals surface area contributed by atoms with Crippen molar-refractivity contribution in [3.8, 4) is 16.9 Å². The second-order valence-corrected chi connectivity index (χ2v) is 12.8. The van der Waals surface area contributed by atoms with Crippen molar-refractivity contribution in [3.63, 3.8) is 0 Å². The summed E-state index contributed by atoms with van der Waals surface area (Å²) >= 11 is 0. The molecule has 0 bridgehead atoms. The van der Waals surface area contributed by atoms with E-state index in [1.165, 1.54) is 25.3 Å². The van der Waals surface area contributed by atoms with Gasteiger partial charge in [-0.25, -0.2) is 4.79 Å². The number of halogens is 3. The molecule has 8 nitrogen and oxygen atoms in total. The van der Waals surface area contributed by atoms with Crippen molar-refractivity contribution >= 4 is 34.8 Å². The molecule has 4 aromatic rings. The molecule has 0 saturated heterocycles. The smallest absolute Gasteiger partial charge is 0.416 e. The third kappa shape index (κ3) is 6.57. The van der Waals surface area contributed by atoms with E-state index in [0.717, 1.165) is 37.8 Å². The third-order valence-electron chi connectivity index (χ3n) is 9.84. The van der Waals surface area contributed by atoms with Gasteiger partial charge in [-0.3, -0.25) is 14.6 Å². The van der Waals surface area contributed by atoms with E-state index in [2.05, 4.69) is 9.98 Å². The van der Waals surface area contributed by atoms with Gasteiger partial charge >= 0.3 is 18.1 Å². The van der Waals surface area contributed by atoms with E-state index < -0.39 is 40.4 Å². The van der Waals surface area contributed by atoms with Gasteiger partial charge in [0.25, 0.3) is 0 Å². The van der Waals surface area contributed by atoms with E-state index in [0.29, 0.717) is 38.9 Å². The molecule has 11 heteroatoms. The lowest BCUT2D eigenvalue weighted by Gasteiger charge is -2.43. The minimum Gasteiger partial charge on any atom is -0.490 e. The lowest BCUT2D eigenvalue weighted by Crippen LogP contribution is -2.60. The highest BCUT2D eigenvalue weighted by atomic mass is 19.4. The highest BCUT2D eigenvalue weighted by Gasteiger charge is 2.61. The maximum atomic E-state index is 14.7. The molecule has 1 aliphatic heterocycles. The Labute approximate surface area is 293 Å². The summed E-state index contributed by atoms with van der Waals surface area (Å²) in [6, 6.07) is 17.0. The summed E-state index contributed by atoms with van der Waals surface area (Å²) in [5.41, 5.74) is -1.93. The number of fused-ring (bicyclic) bond motifs is 1. The van der Waals surface area contributed by atoms with Crippen molar-refractivity contribution in [2.45, 2.75) is 76.1 Å². The van der Waals surface area contributed by atoms with E-state index in [1.54, 1.807) is 68.5 Å². The molecule has 6 rings (SSSR count). The first kappa shape index (κ1) is 35.6. The van der Waals surface area contributed by atoms with Gasteiger partial charge in [0.05, 0.1) is 24.9 Å². The fraction of sp³-hybridized carbons (Fsp3) is 0.350. The summed E-state index contributed by atoms with van der Waals surface area (Å²) in [6.07, 6.45) is 4.11. The van der Waals surface area contributed by atoms with Gasteiger partial charge in [-0.1, -0.05) is 30.3 Å². The van der Waals surface area contributed by atoms with Crippen LogP contribution in [-0.4, -0.2) is 53.8 Å². The highest BCUT2D eigenvalue weighted by molar-refractivity contribution is 6.05. The number of hydrogen-bond acceptors (Lipinski definition) is 7. The van der Waals surface area contributed by atoms with Crippen LogP contribution in [0.4, 0.5) is 13.2 Å². The normalized spacial score (nSPS) is 18.5. The molecule has 3 aromatic carbocycles. The fourth-order valence-corrected chi connectivity index (χ4v) is 7.33. The summed E-state index contributed by atoms with van der Waals surface area (Å²) in [7, 11) is 0. The number of hydrogen-bond donors (Lipinski definition) is 1. The predicted molar refractivity (Wildman–Crippen MR) is 187 cm³/mol. The molecule has 2 atom stereocenters. The number of carbonyl (C=O) groups is 3. The second-order valence-electron chi connectivity index (χ2n) is 12.8. The number of aromatic amines is 1. The first-order valence-electron chi connectivity index (χ1n) is 17.1. The molecule has 2 unspecified atom stereocenters. The van der Waals surface area contributed by atoms with Gasteiger partial charge in [-0.05, 0) is 124 Å². The molecule has 51 heavy (non-hydrogen) atoms. The van der Waals surface area contributed by atoms with Gasteiger partial charge in [0.2, 0.25) is 0 Å². The number of esters is 2. The second kappa shape index (κ2) is 14.2. The number of Topliss-reactive ketones (excluding diaryl/α,β-unsaturated/α-hetero) is 1. The standard InChI is InChI=1S/C40H39F3N2O6/c1-4-49-36(47)35-33(32-23-27(13-20-34(32)45-35)26-11-14-29(15-12-26)40(41,42)43)24-38(37(48)50-5-2,39(25(3)46)21-8-22-44-39)28-16-18-31(19-17-28)51-30-9-6-7-10-30/h8,11-23,30,45H,4-7,9-10,24H2,1-3H3. The number of benzene rings is 3. The lowest BCUT2D eigenvalue weighted by molar-refractivity contribution is -0.154. The maximum Gasteiger partial charge on any atom is 0.416 e. The predicted octanol–water partition coefficient (Wildman–Crippen LogP) is 8.36. The fourth-order valence-electron chi connectivity index (χ4n) is 7.33. The van der Waals surface area contributed by atoms with Gasteiger partial charge in [0.15, 0.2) is 11.3 Å². The average Bonchev–Trinajstić information content (AvgIpc) is 3.89.